The van der Waals surface area contributed by atoms with E-state index in [9.17, 15) is 0 Å². The third-order valence-corrected chi connectivity index (χ3v) is 0.129. The van der Waals surface area contributed by atoms with Crippen LogP contribution in [0.5, 0.6) is 0 Å². The Balaban J connectivity index is -0.0000000542. The molecule has 5 heteroatoms. The fraction of sp³-hybridized carbons (Fsp3) is 0.333. The van der Waals surface area contributed by atoms with Crippen LogP contribution in [0.15, 0.2) is 12.7 Å². The van der Waals surface area contributed by atoms with E-state index in [4.69, 9.17) is 13.1 Å². The second-order valence-electron chi connectivity index (χ2n) is 0.471. The summed E-state index contributed by atoms with van der Waals surface area (Å²) >= 11 is 0.300. The van der Waals surface area contributed by atoms with Crippen molar-refractivity contribution in [2.45, 2.75) is 0 Å². The molecule has 48 valence electrons. The van der Waals surface area contributed by atoms with Crippen LogP contribution in [0.25, 0.3) is 0 Å². The molecule has 0 aromatic heterocycles. The van der Waals surface area contributed by atoms with Crippen LogP contribution < -0.4 is 5.90 Å². The molecule has 0 heterocycles. The fourth-order valence-corrected chi connectivity index (χ4v) is 0. The van der Waals surface area contributed by atoms with Gasteiger partial charge in [0.05, 0.1) is 6.61 Å². The molecule has 0 fully saturated rings. The quantitative estimate of drug-likeness (QED) is 0.387. The van der Waals surface area contributed by atoms with Gasteiger partial charge in [-0.3, -0.25) is 0 Å². The molecule has 0 saturated heterocycles. The van der Waals surface area contributed by atoms with E-state index in [0.29, 0.717) is 24.7 Å². The van der Waals surface area contributed by atoms with Crippen LogP contribution in [-0.2, 0) is 27.5 Å². The minimum absolute atomic E-state index is 0.0833. The zero-order valence-electron chi connectivity index (χ0n) is 4.37. The maximum absolute atomic E-state index is 8.34. The van der Waals surface area contributed by atoms with Gasteiger partial charge < -0.3 is 10.3 Å². The second-order valence-corrected chi connectivity index (χ2v) is 0.471. The van der Waals surface area contributed by atoms with E-state index in [1.165, 1.54) is 6.08 Å². The Labute approximate surface area is 63.3 Å². The molecule has 0 bridgehead atoms. The third-order valence-electron chi connectivity index (χ3n) is 0.129. The zero-order chi connectivity index (χ0) is 7.41. The summed E-state index contributed by atoms with van der Waals surface area (Å²) in [5.41, 5.74) is 0. The standard InChI is InChI=1S/C3H6O.H3NO.O.Zr/c1-2-3-4;1-2;;/h2,4H,1,3H2;2H,1H2;;. The number of hydrogen-bond donors (Lipinski definition) is 3. The molecule has 0 spiro atoms. The van der Waals surface area contributed by atoms with Crippen molar-refractivity contribution < 1.29 is 37.9 Å². The number of rotatable bonds is 1. The van der Waals surface area contributed by atoms with E-state index in [1.54, 1.807) is 0 Å². The molecule has 0 aromatic carbocycles. The van der Waals surface area contributed by atoms with Gasteiger partial charge in [-0.15, -0.1) is 6.58 Å². The predicted octanol–water partition coefficient (Wildman–Crippen LogP) is -0.622. The van der Waals surface area contributed by atoms with Crippen LogP contribution in [0.2, 0.25) is 0 Å². The van der Waals surface area contributed by atoms with E-state index in [2.05, 4.69) is 12.5 Å². The van der Waals surface area contributed by atoms with E-state index >= 15 is 0 Å². The zero-order valence-corrected chi connectivity index (χ0v) is 6.83. The van der Waals surface area contributed by atoms with Crippen molar-refractivity contribution in [2.75, 3.05) is 6.61 Å². The monoisotopic (exact) mass is 197 g/mol. The maximum atomic E-state index is 8.34. The first-order valence-corrected chi connectivity index (χ1v) is 2.60. The van der Waals surface area contributed by atoms with Gasteiger partial charge in [0, 0.05) is 0 Å². The summed E-state index contributed by atoms with van der Waals surface area (Å²) in [6, 6.07) is 0. The summed E-state index contributed by atoms with van der Waals surface area (Å²) in [6.45, 7) is 3.31. The molecular formula is C3H9NO3Zr. The van der Waals surface area contributed by atoms with E-state index < -0.39 is 0 Å². The van der Waals surface area contributed by atoms with Crippen LogP contribution >= 0.6 is 0 Å². The average Bonchev–Trinajstić information content (AvgIpc) is 1.96. The molecule has 0 saturated carbocycles. The van der Waals surface area contributed by atoms with Gasteiger partial charge in [-0.1, -0.05) is 6.08 Å². The van der Waals surface area contributed by atoms with Crippen LogP contribution in [-0.4, -0.2) is 16.9 Å². The molecule has 4 nitrogen and oxygen atoms in total. The number of hydrogen-bond acceptors (Lipinski definition) is 4. The van der Waals surface area contributed by atoms with Gasteiger partial charge in [-0.2, -0.15) is 0 Å². The number of aliphatic hydroxyl groups excluding tert-OH is 1. The molecule has 8 heavy (non-hydrogen) atoms. The first-order chi connectivity index (χ1) is 3.91. The summed E-state index contributed by atoms with van der Waals surface area (Å²) in [4.78, 5) is 0. The number of aliphatic hydroxyl groups is 1. The summed E-state index contributed by atoms with van der Waals surface area (Å²) < 4.78 is 8.34. The molecule has 4 N–H and O–H groups in total. The Morgan fingerprint density at radius 2 is 1.75 bits per heavy atom. The van der Waals surface area contributed by atoms with Crippen molar-refractivity contribution in [2.24, 2.45) is 5.90 Å². The molecule has 0 amide bonds. The van der Waals surface area contributed by atoms with Crippen molar-refractivity contribution in [3.05, 3.63) is 12.7 Å². The molecule has 0 rings (SSSR count). The van der Waals surface area contributed by atoms with Gasteiger partial charge >= 0.3 is 27.5 Å². The molecule has 0 aliphatic heterocycles. The summed E-state index contributed by atoms with van der Waals surface area (Å²) in [5, 5.41) is 14.3. The Hall–Kier alpha value is 0.303. The van der Waals surface area contributed by atoms with Gasteiger partial charge in [0.15, 0.2) is 0 Å². The molecule has 0 radical (unpaired) electrons. The van der Waals surface area contributed by atoms with Crippen LogP contribution in [0.4, 0.5) is 0 Å². The molecule has 0 aromatic rings. The Kier molecular flexibility index (Phi) is 108. The topological polar surface area (TPSA) is 83.6 Å². The van der Waals surface area contributed by atoms with Crippen LogP contribution in [0.3, 0.4) is 0 Å². The molecule has 0 atom stereocenters. The predicted molar refractivity (Wildman–Crippen MR) is 23.9 cm³/mol. The summed E-state index contributed by atoms with van der Waals surface area (Å²) in [5.74, 6) is 3.50. The van der Waals surface area contributed by atoms with Crippen LogP contribution in [0.1, 0.15) is 0 Å². The van der Waals surface area contributed by atoms with Gasteiger partial charge in [-0.25, -0.2) is 5.90 Å². The normalized spacial score (nSPS) is 4.25. The van der Waals surface area contributed by atoms with E-state index in [0.717, 1.165) is 0 Å². The van der Waals surface area contributed by atoms with E-state index in [1.807, 2.05) is 0 Å². The van der Waals surface area contributed by atoms with Crippen molar-refractivity contribution in [1.29, 1.82) is 0 Å². The van der Waals surface area contributed by atoms with Crippen molar-refractivity contribution in [3.63, 3.8) is 0 Å². The van der Waals surface area contributed by atoms with Gasteiger partial charge in [0.2, 0.25) is 0 Å². The fourth-order valence-electron chi connectivity index (χ4n) is 0. The molecule has 0 aliphatic rings. The van der Waals surface area contributed by atoms with Crippen molar-refractivity contribution >= 4 is 0 Å². The van der Waals surface area contributed by atoms with Crippen molar-refractivity contribution in [1.82, 2.24) is 0 Å². The second kappa shape index (κ2) is 54.7. The Bertz CT molecular complexity index is 35.7. The minimum atomic E-state index is 0.0833. The van der Waals surface area contributed by atoms with Crippen molar-refractivity contribution in [3.8, 4) is 0 Å². The van der Waals surface area contributed by atoms with E-state index in [-0.39, 0.29) is 6.61 Å². The Morgan fingerprint density at radius 1 is 1.62 bits per heavy atom. The van der Waals surface area contributed by atoms with Crippen LogP contribution in [0, 0.1) is 0 Å². The van der Waals surface area contributed by atoms with Gasteiger partial charge in [-0.05, 0) is 0 Å². The van der Waals surface area contributed by atoms with Gasteiger partial charge in [0.25, 0.3) is 0 Å². The molecular weight excluding hydrogens is 189 g/mol. The third kappa shape index (κ3) is 104. The summed E-state index contributed by atoms with van der Waals surface area (Å²) in [7, 11) is 0. The van der Waals surface area contributed by atoms with Gasteiger partial charge in [0.1, 0.15) is 0 Å². The average molecular weight is 198 g/mol. The first-order valence-electron chi connectivity index (χ1n) is 1.60. The molecule has 0 unspecified atom stereocenters. The first kappa shape index (κ1) is 15.7. The molecule has 0 aliphatic carbocycles. The number of nitrogens with two attached hydrogens (primary N) is 1. The summed E-state index contributed by atoms with van der Waals surface area (Å²) in [6.07, 6.45) is 1.43. The Morgan fingerprint density at radius 3 is 1.75 bits per heavy atom. The SMILES string of the molecule is C=CCO.NO.[O]=[Zr].